The minimum absolute atomic E-state index is 0.0213. The molecule has 1 aromatic carbocycles. The van der Waals surface area contributed by atoms with Gasteiger partial charge in [0.25, 0.3) is 0 Å². The number of likely N-dealkylation sites (tertiary alicyclic amines) is 1. The van der Waals surface area contributed by atoms with Gasteiger partial charge in [-0.25, -0.2) is 0 Å². The Morgan fingerprint density at radius 3 is 2.67 bits per heavy atom. The molecule has 0 aromatic heterocycles. The van der Waals surface area contributed by atoms with Crippen LogP contribution < -0.4 is 0 Å². The van der Waals surface area contributed by atoms with Gasteiger partial charge >= 0.3 is 0 Å². The summed E-state index contributed by atoms with van der Waals surface area (Å²) in [6.07, 6.45) is 1.10. The largest absolute Gasteiger partial charge is 0.507 e. The summed E-state index contributed by atoms with van der Waals surface area (Å²) in [4.78, 5) is 2.28. The molecule has 2 unspecified atom stereocenters. The van der Waals surface area contributed by atoms with Gasteiger partial charge in [0.1, 0.15) is 11.5 Å². The molecule has 2 rings (SSSR count). The number of phenols is 2. The van der Waals surface area contributed by atoms with Gasteiger partial charge < -0.3 is 14.9 Å². The first-order valence-electron chi connectivity index (χ1n) is 6.37. The number of phenolic OH excluding ortho intramolecular Hbond substituents is 2. The molecule has 1 fully saturated rings. The normalized spacial score (nSPS) is 22.2. The molecular weight excluding hydrogens is 230 g/mol. The number of ether oxygens (including phenoxy) is 1. The molecule has 1 saturated heterocycles. The predicted octanol–water partition coefficient (Wildman–Crippen LogP) is 2.13. The molecule has 4 nitrogen and oxygen atoms in total. The van der Waals surface area contributed by atoms with E-state index in [0.29, 0.717) is 11.5 Å². The first kappa shape index (κ1) is 13.2. The highest BCUT2D eigenvalue weighted by Crippen LogP contribution is 2.37. The Morgan fingerprint density at radius 2 is 2.06 bits per heavy atom. The molecule has 4 heteroatoms. The Bertz CT molecular complexity index is 388. The maximum Gasteiger partial charge on any atom is 0.124 e. The lowest BCUT2D eigenvalue weighted by Gasteiger charge is -2.25. The van der Waals surface area contributed by atoms with E-state index >= 15 is 0 Å². The van der Waals surface area contributed by atoms with E-state index in [9.17, 15) is 10.2 Å². The third kappa shape index (κ3) is 2.60. The van der Waals surface area contributed by atoms with E-state index in [1.165, 1.54) is 0 Å². The van der Waals surface area contributed by atoms with Crippen LogP contribution in [0.4, 0.5) is 0 Å². The van der Waals surface area contributed by atoms with Gasteiger partial charge in [-0.3, -0.25) is 4.90 Å². The topological polar surface area (TPSA) is 52.9 Å². The fraction of sp³-hybridized carbons (Fsp3) is 0.571. The third-order valence-corrected chi connectivity index (χ3v) is 3.75. The van der Waals surface area contributed by atoms with E-state index in [-0.39, 0.29) is 17.5 Å². The van der Waals surface area contributed by atoms with E-state index in [1.807, 2.05) is 6.92 Å². The van der Waals surface area contributed by atoms with Gasteiger partial charge in [0, 0.05) is 19.7 Å². The monoisotopic (exact) mass is 251 g/mol. The molecular formula is C14H21NO3. The molecule has 0 aliphatic carbocycles. The minimum atomic E-state index is 0.0213. The van der Waals surface area contributed by atoms with Crippen LogP contribution in [-0.4, -0.2) is 41.9 Å². The fourth-order valence-electron chi connectivity index (χ4n) is 2.74. The minimum Gasteiger partial charge on any atom is -0.507 e. The Balaban J connectivity index is 2.10. The summed E-state index contributed by atoms with van der Waals surface area (Å²) in [5, 5.41) is 19.8. The van der Waals surface area contributed by atoms with Gasteiger partial charge in [-0.15, -0.1) is 0 Å². The molecule has 2 atom stereocenters. The van der Waals surface area contributed by atoms with Crippen LogP contribution in [-0.2, 0) is 4.74 Å². The summed E-state index contributed by atoms with van der Waals surface area (Å²) in [5.41, 5.74) is 0.621. The van der Waals surface area contributed by atoms with E-state index in [1.54, 1.807) is 25.3 Å². The molecule has 0 saturated carbocycles. The van der Waals surface area contributed by atoms with Crippen LogP contribution in [0.25, 0.3) is 0 Å². The second-order valence-electron chi connectivity index (χ2n) is 4.99. The molecule has 0 amide bonds. The number of hydrogen-bond donors (Lipinski definition) is 2. The van der Waals surface area contributed by atoms with E-state index < -0.39 is 0 Å². The number of aromatic hydroxyl groups is 2. The highest BCUT2D eigenvalue weighted by molar-refractivity contribution is 5.45. The Kier molecular flexibility index (Phi) is 4.09. The molecule has 0 spiro atoms. The average molecular weight is 251 g/mol. The van der Waals surface area contributed by atoms with Gasteiger partial charge in [0.15, 0.2) is 0 Å². The van der Waals surface area contributed by atoms with Crippen LogP contribution in [0.3, 0.4) is 0 Å². The molecule has 100 valence electrons. The lowest BCUT2D eigenvalue weighted by atomic mass is 10.0. The van der Waals surface area contributed by atoms with Crippen molar-refractivity contribution in [1.29, 1.82) is 0 Å². The molecule has 1 heterocycles. The second-order valence-corrected chi connectivity index (χ2v) is 4.99. The molecule has 1 aromatic rings. The van der Waals surface area contributed by atoms with Gasteiger partial charge in [-0.1, -0.05) is 6.07 Å². The zero-order valence-electron chi connectivity index (χ0n) is 11.0. The standard InChI is InChI=1S/C14H21NO3/c1-10(14-12(16)4-3-5-13(14)17)15-7-6-11(8-15)9-18-2/h3-5,10-11,16-17H,6-9H2,1-2H3. The zero-order valence-corrected chi connectivity index (χ0v) is 11.0. The van der Waals surface area contributed by atoms with Crippen molar-refractivity contribution >= 4 is 0 Å². The van der Waals surface area contributed by atoms with E-state index in [0.717, 1.165) is 26.1 Å². The average Bonchev–Trinajstić information content (AvgIpc) is 2.78. The van der Waals surface area contributed by atoms with Crippen LogP contribution in [0, 0.1) is 5.92 Å². The highest BCUT2D eigenvalue weighted by atomic mass is 16.5. The van der Waals surface area contributed by atoms with Crippen molar-refractivity contribution in [1.82, 2.24) is 4.90 Å². The third-order valence-electron chi connectivity index (χ3n) is 3.75. The van der Waals surface area contributed by atoms with Crippen LogP contribution >= 0.6 is 0 Å². The van der Waals surface area contributed by atoms with Crippen LogP contribution in [0.2, 0.25) is 0 Å². The Labute approximate surface area is 108 Å². The predicted molar refractivity (Wildman–Crippen MR) is 69.7 cm³/mol. The highest BCUT2D eigenvalue weighted by Gasteiger charge is 2.29. The second kappa shape index (κ2) is 5.59. The van der Waals surface area contributed by atoms with Crippen LogP contribution in [0.5, 0.6) is 11.5 Å². The molecule has 18 heavy (non-hydrogen) atoms. The summed E-state index contributed by atoms with van der Waals surface area (Å²) in [7, 11) is 1.72. The van der Waals surface area contributed by atoms with Crippen LogP contribution in [0.1, 0.15) is 24.9 Å². The molecule has 1 aliphatic heterocycles. The van der Waals surface area contributed by atoms with Crippen molar-refractivity contribution in [3.63, 3.8) is 0 Å². The lowest BCUT2D eigenvalue weighted by Crippen LogP contribution is -2.25. The van der Waals surface area contributed by atoms with Crippen molar-refractivity contribution in [2.24, 2.45) is 5.92 Å². The fourth-order valence-corrected chi connectivity index (χ4v) is 2.74. The van der Waals surface area contributed by atoms with Gasteiger partial charge in [-0.05, 0) is 37.9 Å². The van der Waals surface area contributed by atoms with E-state index in [4.69, 9.17) is 4.74 Å². The van der Waals surface area contributed by atoms with Gasteiger partial charge in [0.2, 0.25) is 0 Å². The first-order chi connectivity index (χ1) is 8.63. The van der Waals surface area contributed by atoms with Crippen molar-refractivity contribution in [3.05, 3.63) is 23.8 Å². The maximum atomic E-state index is 9.88. The number of methoxy groups -OCH3 is 1. The van der Waals surface area contributed by atoms with Gasteiger partial charge in [0.05, 0.1) is 12.2 Å². The SMILES string of the molecule is COCC1CCN(C(C)c2c(O)cccc2O)C1. The lowest BCUT2D eigenvalue weighted by molar-refractivity contribution is 0.148. The number of hydrogen-bond acceptors (Lipinski definition) is 4. The Hall–Kier alpha value is -1.26. The summed E-state index contributed by atoms with van der Waals surface area (Å²) in [6.45, 7) is 4.71. The number of nitrogens with zero attached hydrogens (tertiary/aromatic N) is 1. The van der Waals surface area contributed by atoms with E-state index in [2.05, 4.69) is 4.90 Å². The molecule has 0 bridgehead atoms. The quantitative estimate of drug-likeness (QED) is 0.860. The maximum absolute atomic E-state index is 9.88. The molecule has 0 radical (unpaired) electrons. The van der Waals surface area contributed by atoms with Crippen molar-refractivity contribution < 1.29 is 14.9 Å². The zero-order chi connectivity index (χ0) is 13.1. The smallest absolute Gasteiger partial charge is 0.124 e. The van der Waals surface area contributed by atoms with Gasteiger partial charge in [-0.2, -0.15) is 0 Å². The summed E-state index contributed by atoms with van der Waals surface area (Å²) in [5.74, 6) is 0.876. The van der Waals surface area contributed by atoms with Crippen molar-refractivity contribution in [2.75, 3.05) is 26.8 Å². The van der Waals surface area contributed by atoms with Crippen molar-refractivity contribution in [2.45, 2.75) is 19.4 Å². The number of rotatable bonds is 4. The molecule has 2 N–H and O–H groups in total. The summed E-state index contributed by atoms with van der Waals surface area (Å²) >= 11 is 0. The molecule has 1 aliphatic rings. The Morgan fingerprint density at radius 1 is 1.39 bits per heavy atom. The first-order valence-corrected chi connectivity index (χ1v) is 6.37. The van der Waals surface area contributed by atoms with Crippen molar-refractivity contribution in [3.8, 4) is 11.5 Å². The number of benzene rings is 1. The summed E-state index contributed by atoms with van der Waals surface area (Å²) in [6, 6.07) is 4.91. The van der Waals surface area contributed by atoms with Crippen LogP contribution in [0.15, 0.2) is 18.2 Å². The summed E-state index contributed by atoms with van der Waals surface area (Å²) < 4.78 is 5.18.